The fourth-order valence-electron chi connectivity index (χ4n) is 4.83. The molecular weight excluding hydrogens is 416 g/mol. The van der Waals surface area contributed by atoms with E-state index < -0.39 is 0 Å². The van der Waals surface area contributed by atoms with E-state index in [-0.39, 0.29) is 11.4 Å². The summed E-state index contributed by atoms with van der Waals surface area (Å²) >= 11 is 0. The van der Waals surface area contributed by atoms with E-state index in [1.165, 1.54) is 5.56 Å². The van der Waals surface area contributed by atoms with Gasteiger partial charge in [-0.2, -0.15) is 4.99 Å². The Bertz CT molecular complexity index is 1080. The number of nitrogens with two attached hydrogens (primary N) is 1. The van der Waals surface area contributed by atoms with E-state index in [0.717, 1.165) is 25.7 Å². The van der Waals surface area contributed by atoms with E-state index >= 15 is 0 Å². The van der Waals surface area contributed by atoms with Crippen LogP contribution in [0.2, 0.25) is 0 Å². The topological polar surface area (TPSA) is 96.4 Å². The second kappa shape index (κ2) is 9.05. The van der Waals surface area contributed by atoms with Crippen molar-refractivity contribution in [2.75, 3.05) is 26.2 Å². The van der Waals surface area contributed by atoms with Crippen molar-refractivity contribution in [3.8, 4) is 0 Å². The third-order valence-corrected chi connectivity index (χ3v) is 6.63. The number of rotatable bonds is 4. The number of esters is 1. The van der Waals surface area contributed by atoms with E-state index in [0.29, 0.717) is 49.6 Å². The van der Waals surface area contributed by atoms with Crippen molar-refractivity contribution in [2.45, 2.75) is 31.1 Å². The molecule has 5 rings (SSSR count). The average molecular weight is 445 g/mol. The van der Waals surface area contributed by atoms with Crippen LogP contribution in [0.4, 0.5) is 5.82 Å². The lowest BCUT2D eigenvalue weighted by atomic mass is 9.78. The molecule has 33 heavy (non-hydrogen) atoms. The molecule has 8 heteroatoms. The van der Waals surface area contributed by atoms with Gasteiger partial charge < -0.3 is 20.3 Å². The fourth-order valence-corrected chi connectivity index (χ4v) is 4.83. The highest BCUT2D eigenvalue weighted by atomic mass is 16.6. The lowest BCUT2D eigenvalue weighted by Gasteiger charge is -2.34. The highest BCUT2D eigenvalue weighted by molar-refractivity contribution is 6.08. The van der Waals surface area contributed by atoms with Crippen LogP contribution in [0.3, 0.4) is 0 Å². The Kier molecular flexibility index (Phi) is 5.81. The van der Waals surface area contributed by atoms with Crippen LogP contribution in [0.5, 0.6) is 0 Å². The molecule has 170 valence electrons. The van der Waals surface area contributed by atoms with E-state index in [4.69, 9.17) is 15.5 Å². The van der Waals surface area contributed by atoms with Crippen LogP contribution >= 0.6 is 0 Å². The molecule has 1 aromatic heterocycles. The van der Waals surface area contributed by atoms with E-state index in [1.54, 1.807) is 6.20 Å². The van der Waals surface area contributed by atoms with E-state index in [1.807, 2.05) is 47.5 Å². The maximum absolute atomic E-state index is 12.7. The normalized spacial score (nSPS) is 21.9. The van der Waals surface area contributed by atoms with Crippen LogP contribution in [-0.2, 0) is 14.9 Å². The van der Waals surface area contributed by atoms with Crippen molar-refractivity contribution >= 4 is 23.6 Å². The second-order valence-electron chi connectivity index (χ2n) is 8.66. The predicted molar refractivity (Wildman–Crippen MR) is 127 cm³/mol. The first-order valence-corrected chi connectivity index (χ1v) is 11.5. The summed E-state index contributed by atoms with van der Waals surface area (Å²) in [7, 11) is 0. The zero-order valence-corrected chi connectivity index (χ0v) is 18.6. The van der Waals surface area contributed by atoms with Crippen LogP contribution in [0.25, 0.3) is 0 Å². The van der Waals surface area contributed by atoms with E-state index in [2.05, 4.69) is 27.0 Å². The molecule has 1 saturated carbocycles. The SMILES string of the molecule is N/C(=N/c1ccccn1)N1CCN(/C=C2/N=C(C3(c4ccccc4)CCCC3)OC2=O)CC1. The van der Waals surface area contributed by atoms with Gasteiger partial charge in [0.1, 0.15) is 0 Å². The average Bonchev–Trinajstić information content (AvgIpc) is 3.49. The van der Waals surface area contributed by atoms with Gasteiger partial charge in [0, 0.05) is 38.6 Å². The molecule has 1 saturated heterocycles. The standard InChI is InChI=1S/C25H28N6O2/c26-24(29-21-10-4-7-13-27-21)31-16-14-30(15-17-31)18-20-22(32)33-23(28-20)25(11-5-6-12-25)19-8-2-1-3-9-19/h1-4,7-10,13,18H,5-6,11-12,14-17H2,(H2,26,27,29)/b20-18+. The van der Waals surface area contributed by atoms with Crippen molar-refractivity contribution < 1.29 is 9.53 Å². The molecule has 0 bridgehead atoms. The van der Waals surface area contributed by atoms with Crippen molar-refractivity contribution in [3.63, 3.8) is 0 Å². The molecular formula is C25H28N6O2. The number of aliphatic imine (C=N–C) groups is 2. The predicted octanol–water partition coefficient (Wildman–Crippen LogP) is 2.95. The molecule has 2 N–H and O–H groups in total. The lowest BCUT2D eigenvalue weighted by Crippen LogP contribution is -2.49. The summed E-state index contributed by atoms with van der Waals surface area (Å²) < 4.78 is 5.74. The van der Waals surface area contributed by atoms with Crippen molar-refractivity contribution in [1.29, 1.82) is 0 Å². The van der Waals surface area contributed by atoms with Crippen molar-refractivity contribution in [3.05, 3.63) is 72.2 Å². The summed E-state index contributed by atoms with van der Waals surface area (Å²) in [6.07, 6.45) is 7.63. The first kappa shape index (κ1) is 21.2. The maximum atomic E-state index is 12.7. The van der Waals surface area contributed by atoms with Gasteiger partial charge in [-0.05, 0) is 30.5 Å². The molecule has 2 aliphatic heterocycles. The van der Waals surface area contributed by atoms with Gasteiger partial charge in [-0.25, -0.2) is 14.8 Å². The molecule has 1 aliphatic carbocycles. The Morgan fingerprint density at radius 1 is 1.03 bits per heavy atom. The van der Waals surface area contributed by atoms with Gasteiger partial charge in [0.2, 0.25) is 5.90 Å². The molecule has 8 nitrogen and oxygen atoms in total. The van der Waals surface area contributed by atoms with Crippen molar-refractivity contribution in [1.82, 2.24) is 14.8 Å². The number of hydrogen-bond acceptors (Lipinski definition) is 6. The summed E-state index contributed by atoms with van der Waals surface area (Å²) in [5.41, 5.74) is 7.42. The van der Waals surface area contributed by atoms with Gasteiger partial charge in [-0.1, -0.05) is 49.2 Å². The van der Waals surface area contributed by atoms with Gasteiger partial charge in [0.15, 0.2) is 17.5 Å². The molecule has 2 aromatic rings. The molecule has 2 fully saturated rings. The smallest absolute Gasteiger partial charge is 0.365 e. The van der Waals surface area contributed by atoms with Gasteiger partial charge in [0.25, 0.3) is 0 Å². The first-order valence-electron chi connectivity index (χ1n) is 11.5. The number of aromatic nitrogens is 1. The molecule has 0 radical (unpaired) electrons. The first-order chi connectivity index (χ1) is 16.1. The summed E-state index contributed by atoms with van der Waals surface area (Å²) in [5, 5.41) is 0. The third kappa shape index (κ3) is 4.33. The van der Waals surface area contributed by atoms with Crippen LogP contribution in [0, 0.1) is 0 Å². The molecule has 0 atom stereocenters. The van der Waals surface area contributed by atoms with Crippen LogP contribution in [0.1, 0.15) is 31.2 Å². The Morgan fingerprint density at radius 3 is 2.45 bits per heavy atom. The minimum absolute atomic E-state index is 0.304. The lowest BCUT2D eigenvalue weighted by molar-refractivity contribution is -0.130. The summed E-state index contributed by atoms with van der Waals surface area (Å²) in [6.45, 7) is 2.82. The van der Waals surface area contributed by atoms with Crippen LogP contribution < -0.4 is 5.73 Å². The van der Waals surface area contributed by atoms with Gasteiger partial charge in [0.05, 0.1) is 5.41 Å². The number of piperazine rings is 1. The van der Waals surface area contributed by atoms with E-state index in [9.17, 15) is 4.79 Å². The van der Waals surface area contributed by atoms with Gasteiger partial charge in [-0.15, -0.1) is 0 Å². The zero-order chi connectivity index (χ0) is 22.7. The van der Waals surface area contributed by atoms with Crippen LogP contribution in [-0.4, -0.2) is 58.8 Å². The van der Waals surface area contributed by atoms with Gasteiger partial charge in [-0.3, -0.25) is 0 Å². The minimum atomic E-state index is -0.370. The fraction of sp³-hybridized carbons (Fsp3) is 0.360. The number of carbonyl (C=O) groups is 1. The molecule has 1 aromatic carbocycles. The number of hydrogen-bond donors (Lipinski definition) is 1. The third-order valence-electron chi connectivity index (χ3n) is 6.63. The molecule has 3 aliphatic rings. The molecule has 3 heterocycles. The number of pyridine rings is 1. The Labute approximate surface area is 193 Å². The summed E-state index contributed by atoms with van der Waals surface area (Å²) in [6, 6.07) is 15.8. The Morgan fingerprint density at radius 2 is 1.76 bits per heavy atom. The minimum Gasteiger partial charge on any atom is -0.406 e. The number of ether oxygens (including phenoxy) is 1. The monoisotopic (exact) mass is 444 g/mol. The molecule has 0 spiro atoms. The largest absolute Gasteiger partial charge is 0.406 e. The van der Waals surface area contributed by atoms with Crippen molar-refractivity contribution in [2.24, 2.45) is 15.7 Å². The summed E-state index contributed by atoms with van der Waals surface area (Å²) in [5.74, 6) is 1.22. The highest BCUT2D eigenvalue weighted by Crippen LogP contribution is 2.44. The number of carbonyl (C=O) groups excluding carboxylic acids is 1. The summed E-state index contributed by atoms with van der Waals surface area (Å²) in [4.78, 5) is 30.1. The molecule has 0 unspecified atom stereocenters. The Balaban J connectivity index is 1.28. The second-order valence-corrected chi connectivity index (χ2v) is 8.66. The highest BCUT2D eigenvalue weighted by Gasteiger charge is 2.46. The number of guanidine groups is 1. The number of benzene rings is 1. The zero-order valence-electron chi connectivity index (χ0n) is 18.6. The maximum Gasteiger partial charge on any atom is 0.365 e. The molecule has 0 amide bonds. The Hall–Kier alpha value is -3.68. The number of cyclic esters (lactones) is 1. The van der Waals surface area contributed by atoms with Crippen LogP contribution in [0.15, 0.2) is 76.6 Å². The number of nitrogens with zero attached hydrogens (tertiary/aromatic N) is 5. The van der Waals surface area contributed by atoms with Gasteiger partial charge >= 0.3 is 5.97 Å². The quantitative estimate of drug-likeness (QED) is 0.337.